The van der Waals surface area contributed by atoms with Gasteiger partial charge in [0.1, 0.15) is 0 Å². The first-order valence-corrected chi connectivity index (χ1v) is 8.77. The summed E-state index contributed by atoms with van der Waals surface area (Å²) in [7, 11) is 0. The molecule has 4 aromatic rings. The van der Waals surface area contributed by atoms with Gasteiger partial charge < -0.3 is 15.6 Å². The molecule has 27 heavy (non-hydrogen) atoms. The fraction of sp³-hybridized carbons (Fsp3) is 0.0952. The van der Waals surface area contributed by atoms with Crippen LogP contribution in [-0.2, 0) is 6.42 Å². The van der Waals surface area contributed by atoms with E-state index in [0.717, 1.165) is 17.6 Å². The van der Waals surface area contributed by atoms with E-state index in [1.807, 2.05) is 36.5 Å². The van der Waals surface area contributed by atoms with E-state index in [4.69, 9.17) is 0 Å². The summed E-state index contributed by atoms with van der Waals surface area (Å²) >= 11 is 0. The van der Waals surface area contributed by atoms with Gasteiger partial charge in [0.15, 0.2) is 0 Å². The number of fused-ring (bicyclic) bond motifs is 1. The van der Waals surface area contributed by atoms with Gasteiger partial charge in [-0.25, -0.2) is 9.97 Å². The molecule has 2 aromatic carbocycles. The van der Waals surface area contributed by atoms with E-state index in [2.05, 4.69) is 31.7 Å². The van der Waals surface area contributed by atoms with Gasteiger partial charge >= 0.3 is 0 Å². The van der Waals surface area contributed by atoms with Crippen LogP contribution in [-0.4, -0.2) is 27.4 Å². The molecule has 2 aromatic heterocycles. The zero-order valence-corrected chi connectivity index (χ0v) is 14.6. The number of H-pyrrole nitrogens is 1. The number of aromatic nitrogens is 3. The van der Waals surface area contributed by atoms with Crippen molar-refractivity contribution < 1.29 is 4.79 Å². The molecule has 0 bridgehead atoms. The first-order valence-electron chi connectivity index (χ1n) is 8.77. The molecule has 6 nitrogen and oxygen atoms in total. The lowest BCUT2D eigenvalue weighted by molar-refractivity contribution is 0.0954. The van der Waals surface area contributed by atoms with Crippen molar-refractivity contribution in [3.05, 3.63) is 84.3 Å². The minimum Gasteiger partial charge on any atom is -0.361 e. The quantitative estimate of drug-likeness (QED) is 0.492. The van der Waals surface area contributed by atoms with Gasteiger partial charge in [0.25, 0.3) is 5.91 Å². The zero-order chi connectivity index (χ0) is 18.5. The second-order valence-corrected chi connectivity index (χ2v) is 6.14. The molecule has 0 radical (unpaired) electrons. The van der Waals surface area contributed by atoms with Crippen LogP contribution >= 0.6 is 0 Å². The number of anilines is 2. The zero-order valence-electron chi connectivity index (χ0n) is 14.6. The van der Waals surface area contributed by atoms with Crippen molar-refractivity contribution in [3.63, 3.8) is 0 Å². The summed E-state index contributed by atoms with van der Waals surface area (Å²) in [6, 6.07) is 17.2. The fourth-order valence-electron chi connectivity index (χ4n) is 2.98. The summed E-state index contributed by atoms with van der Waals surface area (Å²) in [5.41, 5.74) is 3.67. The normalized spacial score (nSPS) is 10.7. The number of nitrogens with one attached hydrogen (secondary N) is 3. The number of benzene rings is 2. The number of para-hydroxylation sites is 1. The standard InChI is InChI=1S/C21H19N5O/c27-20(22-12-9-16-14-25-19-8-2-1-7-18(16)19)15-5-3-6-17(13-15)26-21-23-10-4-11-24-21/h1-8,10-11,13-14,25H,9,12H2,(H,22,27)(H,23,24,26). The third-order valence-electron chi connectivity index (χ3n) is 4.30. The van der Waals surface area contributed by atoms with E-state index in [1.54, 1.807) is 30.6 Å². The van der Waals surface area contributed by atoms with Crippen LogP contribution in [0.25, 0.3) is 10.9 Å². The Kier molecular flexibility index (Phi) is 4.78. The van der Waals surface area contributed by atoms with Crippen LogP contribution in [0.15, 0.2) is 73.2 Å². The molecule has 0 atom stereocenters. The Hall–Kier alpha value is -3.67. The Labute approximate surface area is 156 Å². The largest absolute Gasteiger partial charge is 0.361 e. The van der Waals surface area contributed by atoms with Crippen molar-refractivity contribution in [2.24, 2.45) is 0 Å². The van der Waals surface area contributed by atoms with Crippen LogP contribution in [0.1, 0.15) is 15.9 Å². The van der Waals surface area contributed by atoms with Crippen molar-refractivity contribution in [2.45, 2.75) is 6.42 Å². The first-order chi connectivity index (χ1) is 13.3. The monoisotopic (exact) mass is 357 g/mol. The Morgan fingerprint density at radius 1 is 1.00 bits per heavy atom. The maximum absolute atomic E-state index is 12.5. The molecule has 4 rings (SSSR count). The van der Waals surface area contributed by atoms with E-state index in [0.29, 0.717) is 18.1 Å². The maximum Gasteiger partial charge on any atom is 0.251 e. The molecule has 0 unspecified atom stereocenters. The molecule has 1 amide bonds. The summed E-state index contributed by atoms with van der Waals surface area (Å²) in [6.45, 7) is 0.570. The van der Waals surface area contributed by atoms with E-state index in [-0.39, 0.29) is 5.91 Å². The van der Waals surface area contributed by atoms with Crippen molar-refractivity contribution in [1.82, 2.24) is 20.3 Å². The Bertz CT molecular complexity index is 1060. The molecule has 3 N–H and O–H groups in total. The Morgan fingerprint density at radius 3 is 2.74 bits per heavy atom. The molecule has 2 heterocycles. The molecule has 0 saturated heterocycles. The van der Waals surface area contributed by atoms with Gasteiger partial charge in [-0.05, 0) is 42.3 Å². The molecule has 0 aliphatic carbocycles. The van der Waals surface area contributed by atoms with Gasteiger partial charge in [-0.2, -0.15) is 0 Å². The van der Waals surface area contributed by atoms with Crippen LogP contribution in [0.2, 0.25) is 0 Å². The number of carbonyl (C=O) groups excluding carboxylic acids is 1. The first kappa shape index (κ1) is 16.8. The predicted molar refractivity (Wildman–Crippen MR) is 106 cm³/mol. The van der Waals surface area contributed by atoms with Gasteiger partial charge in [0.2, 0.25) is 5.95 Å². The van der Waals surface area contributed by atoms with Crippen molar-refractivity contribution in [2.75, 3.05) is 11.9 Å². The lowest BCUT2D eigenvalue weighted by atomic mass is 10.1. The molecule has 0 saturated carbocycles. The number of rotatable bonds is 6. The highest BCUT2D eigenvalue weighted by Crippen LogP contribution is 2.18. The summed E-state index contributed by atoms with van der Waals surface area (Å²) < 4.78 is 0. The lowest BCUT2D eigenvalue weighted by Crippen LogP contribution is -2.25. The molecule has 6 heteroatoms. The smallest absolute Gasteiger partial charge is 0.251 e. The number of hydrogen-bond acceptors (Lipinski definition) is 4. The molecule has 0 aliphatic heterocycles. The second kappa shape index (κ2) is 7.70. The highest BCUT2D eigenvalue weighted by Gasteiger charge is 2.08. The highest BCUT2D eigenvalue weighted by atomic mass is 16.1. The van der Waals surface area contributed by atoms with Crippen molar-refractivity contribution in [3.8, 4) is 0 Å². The second-order valence-electron chi connectivity index (χ2n) is 6.14. The third kappa shape index (κ3) is 3.95. The SMILES string of the molecule is O=C(NCCc1c[nH]c2ccccc12)c1cccc(Nc2ncccn2)c1. The van der Waals surface area contributed by atoms with E-state index in [9.17, 15) is 4.79 Å². The number of carbonyl (C=O) groups is 1. The fourth-order valence-corrected chi connectivity index (χ4v) is 2.98. The van der Waals surface area contributed by atoms with E-state index >= 15 is 0 Å². The summed E-state index contributed by atoms with van der Waals surface area (Å²) in [5, 5.41) is 7.27. The molecule has 0 fully saturated rings. The average Bonchev–Trinajstić information content (AvgIpc) is 3.12. The number of hydrogen-bond donors (Lipinski definition) is 3. The van der Waals surface area contributed by atoms with Crippen LogP contribution in [0.3, 0.4) is 0 Å². The van der Waals surface area contributed by atoms with Gasteiger partial charge in [0, 0.05) is 47.3 Å². The van der Waals surface area contributed by atoms with Crippen LogP contribution in [0.5, 0.6) is 0 Å². The Morgan fingerprint density at radius 2 is 1.85 bits per heavy atom. The molecule has 0 aliphatic rings. The molecular weight excluding hydrogens is 338 g/mol. The van der Waals surface area contributed by atoms with Crippen molar-refractivity contribution in [1.29, 1.82) is 0 Å². The number of nitrogens with zero attached hydrogens (tertiary/aromatic N) is 2. The lowest BCUT2D eigenvalue weighted by Gasteiger charge is -2.08. The van der Waals surface area contributed by atoms with Crippen molar-refractivity contribution >= 4 is 28.4 Å². The molecular formula is C21H19N5O. The minimum absolute atomic E-state index is 0.104. The summed E-state index contributed by atoms with van der Waals surface area (Å²) in [6.07, 6.45) is 6.10. The minimum atomic E-state index is -0.104. The van der Waals surface area contributed by atoms with E-state index in [1.165, 1.54) is 10.9 Å². The van der Waals surface area contributed by atoms with Gasteiger partial charge in [-0.3, -0.25) is 4.79 Å². The molecule has 134 valence electrons. The maximum atomic E-state index is 12.5. The number of amides is 1. The van der Waals surface area contributed by atoms with Crippen LogP contribution < -0.4 is 10.6 Å². The third-order valence-corrected chi connectivity index (χ3v) is 4.30. The topological polar surface area (TPSA) is 82.7 Å². The van der Waals surface area contributed by atoms with E-state index < -0.39 is 0 Å². The average molecular weight is 357 g/mol. The summed E-state index contributed by atoms with van der Waals surface area (Å²) in [5.74, 6) is 0.391. The van der Waals surface area contributed by atoms with Gasteiger partial charge in [-0.15, -0.1) is 0 Å². The summed E-state index contributed by atoms with van der Waals surface area (Å²) in [4.78, 5) is 24.0. The molecule has 0 spiro atoms. The number of aromatic amines is 1. The Balaban J connectivity index is 1.37. The van der Waals surface area contributed by atoms with Crippen LogP contribution in [0, 0.1) is 0 Å². The van der Waals surface area contributed by atoms with Gasteiger partial charge in [0.05, 0.1) is 0 Å². The highest BCUT2D eigenvalue weighted by molar-refractivity contribution is 5.95. The predicted octanol–water partition coefficient (Wildman–Crippen LogP) is 3.67. The van der Waals surface area contributed by atoms with Crippen LogP contribution in [0.4, 0.5) is 11.6 Å². The van der Waals surface area contributed by atoms with Gasteiger partial charge in [-0.1, -0.05) is 24.3 Å².